The van der Waals surface area contributed by atoms with Crippen molar-refractivity contribution >= 4 is 14.4 Å². The largest absolute Gasteiger partial charge is 0.417 e. The predicted octanol–water partition coefficient (Wildman–Crippen LogP) is 5.39. The van der Waals surface area contributed by atoms with Gasteiger partial charge in [-0.2, -0.15) is 0 Å². The van der Waals surface area contributed by atoms with Crippen molar-refractivity contribution in [2.24, 2.45) is 0 Å². The summed E-state index contributed by atoms with van der Waals surface area (Å²) >= 11 is 0. The van der Waals surface area contributed by atoms with Crippen molar-refractivity contribution in [2.75, 3.05) is 6.61 Å². The Morgan fingerprint density at radius 2 is 1.85 bits per heavy atom. The maximum atomic E-state index is 13.4. The van der Waals surface area contributed by atoms with E-state index in [9.17, 15) is 8.78 Å². The van der Waals surface area contributed by atoms with Crippen LogP contribution in [-0.2, 0) is 4.43 Å². The molecular formula is C16H24F2OSi. The zero-order chi connectivity index (χ0) is 15.4. The quantitative estimate of drug-likeness (QED) is 0.523. The first-order valence-corrected chi connectivity index (χ1v) is 9.80. The lowest BCUT2D eigenvalue weighted by molar-refractivity contribution is 0.294. The first kappa shape index (κ1) is 17.0. The minimum atomic E-state index is -1.72. The minimum Gasteiger partial charge on any atom is -0.417 e. The van der Waals surface area contributed by atoms with E-state index in [0.717, 1.165) is 12.1 Å². The van der Waals surface area contributed by atoms with Gasteiger partial charge in [0, 0.05) is 12.2 Å². The summed E-state index contributed by atoms with van der Waals surface area (Å²) in [5, 5.41) is 0.186. The second kappa shape index (κ2) is 6.63. The van der Waals surface area contributed by atoms with E-state index < -0.39 is 20.0 Å². The van der Waals surface area contributed by atoms with E-state index in [-0.39, 0.29) is 10.6 Å². The molecule has 0 aliphatic carbocycles. The van der Waals surface area contributed by atoms with Crippen LogP contribution < -0.4 is 0 Å². The SMILES string of the molecule is CC(C)(C)[Si](C)(C)OCCC=Cc1cc(F)ccc1F. The molecule has 1 nitrogen and oxygen atoms in total. The summed E-state index contributed by atoms with van der Waals surface area (Å²) < 4.78 is 32.4. The molecule has 4 heteroatoms. The molecule has 0 heterocycles. The molecule has 0 saturated carbocycles. The summed E-state index contributed by atoms with van der Waals surface area (Å²) in [6.07, 6.45) is 4.13. The van der Waals surface area contributed by atoms with Crippen LogP contribution in [0, 0.1) is 11.6 Å². The van der Waals surface area contributed by atoms with Crippen LogP contribution in [0.3, 0.4) is 0 Å². The van der Waals surface area contributed by atoms with Gasteiger partial charge in [-0.1, -0.05) is 32.9 Å². The maximum Gasteiger partial charge on any atom is 0.191 e. The van der Waals surface area contributed by atoms with Crippen LogP contribution >= 0.6 is 0 Å². The summed E-state index contributed by atoms with van der Waals surface area (Å²) in [5.74, 6) is -0.837. The first-order valence-electron chi connectivity index (χ1n) is 6.89. The standard InChI is InChI=1S/C16H24F2OSi/c1-16(2,3)20(4,5)19-11-7-6-8-13-12-14(17)9-10-15(13)18/h6,8-10,12H,7,11H2,1-5H3. The van der Waals surface area contributed by atoms with Crippen LogP contribution in [0.5, 0.6) is 0 Å². The summed E-state index contributed by atoms with van der Waals surface area (Å²) in [6.45, 7) is 11.6. The molecule has 1 rings (SSSR count). The molecule has 20 heavy (non-hydrogen) atoms. The zero-order valence-corrected chi connectivity index (χ0v) is 14.0. The van der Waals surface area contributed by atoms with Crippen LogP contribution in [0.4, 0.5) is 8.78 Å². The Kier molecular flexibility index (Phi) is 5.65. The van der Waals surface area contributed by atoms with Crippen LogP contribution in [0.1, 0.15) is 32.8 Å². The molecule has 0 bridgehead atoms. The molecule has 0 atom stereocenters. The van der Waals surface area contributed by atoms with Gasteiger partial charge in [-0.05, 0) is 42.8 Å². The number of hydrogen-bond acceptors (Lipinski definition) is 1. The van der Waals surface area contributed by atoms with Crippen molar-refractivity contribution in [3.05, 3.63) is 41.5 Å². The molecule has 0 unspecified atom stereocenters. The number of rotatable bonds is 5. The molecule has 0 aliphatic rings. The van der Waals surface area contributed by atoms with Gasteiger partial charge in [-0.15, -0.1) is 0 Å². The highest BCUT2D eigenvalue weighted by molar-refractivity contribution is 6.74. The van der Waals surface area contributed by atoms with Gasteiger partial charge in [0.05, 0.1) is 0 Å². The highest BCUT2D eigenvalue weighted by Crippen LogP contribution is 2.36. The van der Waals surface area contributed by atoms with Gasteiger partial charge < -0.3 is 4.43 Å². The van der Waals surface area contributed by atoms with Gasteiger partial charge in [-0.25, -0.2) is 8.78 Å². The van der Waals surface area contributed by atoms with E-state index in [1.54, 1.807) is 6.08 Å². The van der Waals surface area contributed by atoms with Gasteiger partial charge in [0.1, 0.15) is 11.6 Å². The molecular weight excluding hydrogens is 274 g/mol. The second-order valence-electron chi connectivity index (χ2n) is 6.47. The number of halogens is 2. The normalized spacial score (nSPS) is 13.2. The summed E-state index contributed by atoms with van der Waals surface area (Å²) in [4.78, 5) is 0. The maximum absolute atomic E-state index is 13.4. The van der Waals surface area contributed by atoms with E-state index in [1.807, 2.05) is 6.08 Å². The Balaban J connectivity index is 2.49. The summed E-state index contributed by atoms with van der Waals surface area (Å²) in [6, 6.07) is 3.45. The molecule has 1 aromatic rings. The molecule has 1 aromatic carbocycles. The Morgan fingerprint density at radius 3 is 2.45 bits per heavy atom. The second-order valence-corrected chi connectivity index (χ2v) is 11.3. The molecule has 0 radical (unpaired) electrons. The molecule has 0 spiro atoms. The lowest BCUT2D eigenvalue weighted by Gasteiger charge is -2.36. The zero-order valence-electron chi connectivity index (χ0n) is 13.0. The van der Waals surface area contributed by atoms with Crippen LogP contribution in [0.2, 0.25) is 18.1 Å². The average Bonchev–Trinajstić information content (AvgIpc) is 2.31. The van der Waals surface area contributed by atoms with E-state index in [0.29, 0.717) is 13.0 Å². The molecule has 0 fully saturated rings. The third-order valence-electron chi connectivity index (χ3n) is 3.81. The van der Waals surface area contributed by atoms with E-state index >= 15 is 0 Å². The third-order valence-corrected chi connectivity index (χ3v) is 8.35. The van der Waals surface area contributed by atoms with Crippen molar-refractivity contribution in [1.82, 2.24) is 0 Å². The molecule has 0 saturated heterocycles. The fourth-order valence-corrected chi connectivity index (χ4v) is 2.51. The molecule has 0 aliphatic heterocycles. The van der Waals surface area contributed by atoms with Crippen molar-refractivity contribution in [3.63, 3.8) is 0 Å². The van der Waals surface area contributed by atoms with Gasteiger partial charge >= 0.3 is 0 Å². The molecule has 112 valence electrons. The summed E-state index contributed by atoms with van der Waals surface area (Å²) in [7, 11) is -1.72. The fourth-order valence-electron chi connectivity index (χ4n) is 1.45. The Labute approximate surface area is 121 Å². The highest BCUT2D eigenvalue weighted by atomic mass is 28.4. The molecule has 0 aromatic heterocycles. The lowest BCUT2D eigenvalue weighted by atomic mass is 10.2. The topological polar surface area (TPSA) is 9.23 Å². The van der Waals surface area contributed by atoms with E-state index in [1.165, 1.54) is 6.07 Å². The van der Waals surface area contributed by atoms with Crippen LogP contribution in [-0.4, -0.2) is 14.9 Å². The average molecular weight is 298 g/mol. The summed E-state index contributed by atoms with van der Waals surface area (Å²) in [5.41, 5.74) is 0.275. The van der Waals surface area contributed by atoms with Crippen molar-refractivity contribution in [1.29, 1.82) is 0 Å². The number of benzene rings is 1. The van der Waals surface area contributed by atoms with Gasteiger partial charge in [0.2, 0.25) is 0 Å². The van der Waals surface area contributed by atoms with Gasteiger partial charge in [-0.3, -0.25) is 0 Å². The number of hydrogen-bond donors (Lipinski definition) is 0. The first-order chi connectivity index (χ1) is 9.13. The van der Waals surface area contributed by atoms with Gasteiger partial charge in [0.15, 0.2) is 8.32 Å². The van der Waals surface area contributed by atoms with Crippen molar-refractivity contribution < 1.29 is 13.2 Å². The monoisotopic (exact) mass is 298 g/mol. The van der Waals surface area contributed by atoms with Crippen LogP contribution in [0.25, 0.3) is 6.08 Å². The molecule has 0 N–H and O–H groups in total. The Bertz CT molecular complexity index is 476. The van der Waals surface area contributed by atoms with E-state index in [2.05, 4.69) is 33.9 Å². The van der Waals surface area contributed by atoms with E-state index in [4.69, 9.17) is 4.43 Å². The lowest BCUT2D eigenvalue weighted by Crippen LogP contribution is -2.40. The highest BCUT2D eigenvalue weighted by Gasteiger charge is 2.36. The smallest absolute Gasteiger partial charge is 0.191 e. The Morgan fingerprint density at radius 1 is 1.20 bits per heavy atom. The fraction of sp³-hybridized carbons (Fsp3) is 0.500. The predicted molar refractivity (Wildman–Crippen MR) is 83.2 cm³/mol. The van der Waals surface area contributed by atoms with Crippen molar-refractivity contribution in [3.8, 4) is 0 Å². The third kappa shape index (κ3) is 4.83. The van der Waals surface area contributed by atoms with Crippen LogP contribution in [0.15, 0.2) is 24.3 Å². The molecule has 0 amide bonds. The Hall–Kier alpha value is -1.00. The van der Waals surface area contributed by atoms with Crippen molar-refractivity contribution in [2.45, 2.75) is 45.3 Å². The van der Waals surface area contributed by atoms with Gasteiger partial charge in [0.25, 0.3) is 0 Å². The minimum absolute atomic E-state index is 0.186.